The fraction of sp³-hybridized carbons (Fsp3) is 0.643. The molecule has 0 aliphatic heterocycles. The van der Waals surface area contributed by atoms with E-state index in [1.54, 1.807) is 0 Å². The van der Waals surface area contributed by atoms with E-state index < -0.39 is 0 Å². The molecule has 2 rings (SSSR count). The molecule has 0 saturated heterocycles. The Bertz CT molecular complexity index is 461. The Hall–Kier alpha value is -1.70. The number of hydrogen-bond acceptors (Lipinski definition) is 4. The number of anilines is 1. The van der Waals surface area contributed by atoms with Crippen LogP contribution in [0.5, 0.6) is 0 Å². The lowest BCUT2D eigenvalue weighted by atomic mass is 9.83. The van der Waals surface area contributed by atoms with Crippen LogP contribution in [0, 0.1) is 29.0 Å². The summed E-state index contributed by atoms with van der Waals surface area (Å²) in [5.74, 6) is 0.674. The van der Waals surface area contributed by atoms with Crippen LogP contribution >= 0.6 is 0 Å². The summed E-state index contributed by atoms with van der Waals surface area (Å²) in [5.41, 5.74) is 0.450. The average molecular weight is 262 g/mol. The Morgan fingerprint density at radius 2 is 2.11 bits per heavy atom. The molecule has 4 nitrogen and oxygen atoms in total. The van der Waals surface area contributed by atoms with Gasteiger partial charge in [-0.05, 0) is 38.0 Å². The van der Waals surface area contributed by atoms with Crippen molar-refractivity contribution in [2.45, 2.75) is 39.0 Å². The van der Waals surface area contributed by atoms with Crippen molar-refractivity contribution in [1.29, 1.82) is 5.26 Å². The predicted octanol–water partition coefficient (Wildman–Crippen LogP) is 2.92. The van der Waals surface area contributed by atoms with E-state index in [0.717, 1.165) is 32.2 Å². The molecule has 0 atom stereocenters. The monoisotopic (exact) mass is 262 g/mol. The highest BCUT2D eigenvalue weighted by Gasteiger charge is 2.21. The van der Waals surface area contributed by atoms with Crippen LogP contribution in [0.4, 0.5) is 10.2 Å². The van der Waals surface area contributed by atoms with Crippen molar-refractivity contribution < 1.29 is 4.39 Å². The second-order valence-electron chi connectivity index (χ2n) is 5.06. The molecule has 0 amide bonds. The third-order valence-corrected chi connectivity index (χ3v) is 3.78. The molecule has 1 aromatic rings. The molecule has 1 aliphatic rings. The number of aryl methyl sites for hydroxylation is 1. The van der Waals surface area contributed by atoms with Crippen molar-refractivity contribution in [1.82, 2.24) is 9.97 Å². The van der Waals surface area contributed by atoms with Gasteiger partial charge in [0.2, 0.25) is 0 Å². The molecule has 1 fully saturated rings. The van der Waals surface area contributed by atoms with E-state index in [1.807, 2.05) is 6.92 Å². The molecule has 1 aromatic heterocycles. The number of nitrogens with one attached hydrogen (secondary N) is 1. The van der Waals surface area contributed by atoms with Crippen LogP contribution in [0.25, 0.3) is 0 Å². The predicted molar refractivity (Wildman–Crippen MR) is 70.9 cm³/mol. The maximum absolute atomic E-state index is 13.9. The fourth-order valence-electron chi connectivity index (χ4n) is 2.51. The average Bonchev–Trinajstić information content (AvgIpc) is 2.47. The molecule has 1 N–H and O–H groups in total. The molecule has 19 heavy (non-hydrogen) atoms. The van der Waals surface area contributed by atoms with Crippen LogP contribution in [0.3, 0.4) is 0 Å². The van der Waals surface area contributed by atoms with Crippen molar-refractivity contribution in [3.8, 4) is 6.07 Å². The lowest BCUT2D eigenvalue weighted by Gasteiger charge is -2.25. The quantitative estimate of drug-likeness (QED) is 0.906. The fourth-order valence-corrected chi connectivity index (χ4v) is 2.51. The number of nitrogens with zero attached hydrogens (tertiary/aromatic N) is 3. The van der Waals surface area contributed by atoms with Gasteiger partial charge in [-0.3, -0.25) is 0 Å². The van der Waals surface area contributed by atoms with Crippen LogP contribution in [0.1, 0.15) is 38.3 Å². The molecular weight excluding hydrogens is 243 g/mol. The summed E-state index contributed by atoms with van der Waals surface area (Å²) in [6.07, 6.45) is 5.93. The summed E-state index contributed by atoms with van der Waals surface area (Å²) in [5, 5.41) is 11.9. The largest absolute Gasteiger partial charge is 0.367 e. The van der Waals surface area contributed by atoms with E-state index in [4.69, 9.17) is 5.26 Å². The first kappa shape index (κ1) is 13.7. The lowest BCUT2D eigenvalue weighted by molar-refractivity contribution is 0.326. The molecule has 0 radical (unpaired) electrons. The normalized spacial score (nSPS) is 22.8. The number of rotatable bonds is 4. The Kier molecular flexibility index (Phi) is 4.67. The molecule has 102 valence electrons. The van der Waals surface area contributed by atoms with Gasteiger partial charge < -0.3 is 5.32 Å². The minimum atomic E-state index is -0.337. The highest BCUT2D eigenvalue weighted by molar-refractivity contribution is 5.37. The molecule has 0 bridgehead atoms. The number of halogens is 1. The van der Waals surface area contributed by atoms with Gasteiger partial charge in [-0.25, -0.2) is 14.4 Å². The zero-order valence-corrected chi connectivity index (χ0v) is 11.2. The summed E-state index contributed by atoms with van der Waals surface area (Å²) in [6, 6.07) is 2.32. The standard InChI is InChI=1S/C14H19FN4/c1-2-12-13(15)14(19-9-18-12)17-8-11-5-3-10(7-16)4-6-11/h9-11H,2-6,8H2,1H3,(H,17,18,19). The van der Waals surface area contributed by atoms with Crippen molar-refractivity contribution >= 4 is 5.82 Å². The van der Waals surface area contributed by atoms with E-state index >= 15 is 0 Å². The van der Waals surface area contributed by atoms with Crippen molar-refractivity contribution in [2.24, 2.45) is 11.8 Å². The van der Waals surface area contributed by atoms with Gasteiger partial charge in [-0.15, -0.1) is 0 Å². The maximum Gasteiger partial charge on any atom is 0.186 e. The third kappa shape index (κ3) is 3.40. The molecule has 0 unspecified atom stereocenters. The van der Waals surface area contributed by atoms with Gasteiger partial charge in [-0.2, -0.15) is 5.26 Å². The Morgan fingerprint density at radius 3 is 2.74 bits per heavy atom. The SMILES string of the molecule is CCc1ncnc(NCC2CCC(C#N)CC2)c1F. The molecular formula is C14H19FN4. The summed E-state index contributed by atoms with van der Waals surface area (Å²) >= 11 is 0. The summed E-state index contributed by atoms with van der Waals surface area (Å²) < 4.78 is 13.9. The topological polar surface area (TPSA) is 61.6 Å². The molecule has 1 saturated carbocycles. The van der Waals surface area contributed by atoms with Gasteiger partial charge >= 0.3 is 0 Å². The molecule has 5 heteroatoms. The molecule has 0 aromatic carbocycles. The van der Waals surface area contributed by atoms with Crippen LogP contribution in [-0.4, -0.2) is 16.5 Å². The van der Waals surface area contributed by atoms with E-state index in [1.165, 1.54) is 6.33 Å². The number of hydrogen-bond donors (Lipinski definition) is 1. The van der Waals surface area contributed by atoms with Crippen LogP contribution in [0.15, 0.2) is 6.33 Å². The molecule has 1 aliphatic carbocycles. The highest BCUT2D eigenvalue weighted by atomic mass is 19.1. The van der Waals surface area contributed by atoms with Crippen molar-refractivity contribution in [2.75, 3.05) is 11.9 Å². The summed E-state index contributed by atoms with van der Waals surface area (Å²) in [7, 11) is 0. The summed E-state index contributed by atoms with van der Waals surface area (Å²) in [6.45, 7) is 2.59. The molecule has 0 spiro atoms. The Balaban J connectivity index is 1.88. The van der Waals surface area contributed by atoms with Gasteiger partial charge in [-0.1, -0.05) is 6.92 Å². The smallest absolute Gasteiger partial charge is 0.186 e. The lowest BCUT2D eigenvalue weighted by Crippen LogP contribution is -2.21. The van der Waals surface area contributed by atoms with Gasteiger partial charge in [0.1, 0.15) is 6.33 Å². The van der Waals surface area contributed by atoms with E-state index in [0.29, 0.717) is 23.9 Å². The first-order valence-corrected chi connectivity index (χ1v) is 6.87. The zero-order chi connectivity index (χ0) is 13.7. The van der Waals surface area contributed by atoms with Crippen LogP contribution in [0.2, 0.25) is 0 Å². The van der Waals surface area contributed by atoms with Crippen molar-refractivity contribution in [3.63, 3.8) is 0 Å². The second kappa shape index (κ2) is 6.46. The zero-order valence-electron chi connectivity index (χ0n) is 11.2. The second-order valence-corrected chi connectivity index (χ2v) is 5.06. The molecule has 1 heterocycles. The first-order valence-electron chi connectivity index (χ1n) is 6.87. The number of nitriles is 1. The van der Waals surface area contributed by atoms with Crippen LogP contribution in [-0.2, 0) is 6.42 Å². The van der Waals surface area contributed by atoms with Gasteiger partial charge in [0.05, 0.1) is 11.8 Å². The van der Waals surface area contributed by atoms with E-state index in [-0.39, 0.29) is 11.7 Å². The minimum Gasteiger partial charge on any atom is -0.367 e. The van der Waals surface area contributed by atoms with Gasteiger partial charge in [0, 0.05) is 12.5 Å². The minimum absolute atomic E-state index is 0.207. The Morgan fingerprint density at radius 1 is 1.37 bits per heavy atom. The highest BCUT2D eigenvalue weighted by Crippen LogP contribution is 2.28. The third-order valence-electron chi connectivity index (χ3n) is 3.78. The maximum atomic E-state index is 13.9. The van der Waals surface area contributed by atoms with E-state index in [2.05, 4.69) is 21.4 Å². The number of aromatic nitrogens is 2. The summed E-state index contributed by atoms with van der Waals surface area (Å²) in [4.78, 5) is 7.86. The Labute approximate surface area is 113 Å². The van der Waals surface area contributed by atoms with Gasteiger partial charge in [0.25, 0.3) is 0 Å². The first-order chi connectivity index (χ1) is 9.24. The van der Waals surface area contributed by atoms with E-state index in [9.17, 15) is 4.39 Å². The van der Waals surface area contributed by atoms with Crippen molar-refractivity contribution in [3.05, 3.63) is 17.8 Å². The van der Waals surface area contributed by atoms with Gasteiger partial charge in [0.15, 0.2) is 11.6 Å². The van der Waals surface area contributed by atoms with Crippen LogP contribution < -0.4 is 5.32 Å².